The molecular formula is C14H25N3. The van der Waals surface area contributed by atoms with Gasteiger partial charge in [0, 0.05) is 18.4 Å². The van der Waals surface area contributed by atoms with Gasteiger partial charge < -0.3 is 10.3 Å². The Kier molecular flexibility index (Phi) is 3.87. The SMILES string of the molecule is CC(NC1CCCC(C)(C)CC1)c1ncc[nH]1. The topological polar surface area (TPSA) is 40.7 Å². The lowest BCUT2D eigenvalue weighted by atomic mass is 9.85. The molecule has 0 aromatic carbocycles. The van der Waals surface area contributed by atoms with Crippen molar-refractivity contribution in [1.82, 2.24) is 15.3 Å². The number of imidazole rings is 1. The zero-order valence-corrected chi connectivity index (χ0v) is 11.3. The molecule has 0 aliphatic heterocycles. The maximum atomic E-state index is 4.32. The van der Waals surface area contributed by atoms with Crippen LogP contribution in [0.15, 0.2) is 12.4 Å². The van der Waals surface area contributed by atoms with Crippen LogP contribution in [-0.2, 0) is 0 Å². The van der Waals surface area contributed by atoms with E-state index >= 15 is 0 Å². The van der Waals surface area contributed by atoms with Crippen LogP contribution in [0.2, 0.25) is 0 Å². The predicted molar refractivity (Wildman–Crippen MR) is 70.8 cm³/mol. The summed E-state index contributed by atoms with van der Waals surface area (Å²) in [6, 6.07) is 0.980. The van der Waals surface area contributed by atoms with Crippen molar-refractivity contribution < 1.29 is 0 Å². The van der Waals surface area contributed by atoms with E-state index in [0.717, 1.165) is 5.82 Å². The zero-order valence-electron chi connectivity index (χ0n) is 11.3. The molecule has 1 aromatic heterocycles. The molecule has 0 bridgehead atoms. The first-order chi connectivity index (χ1) is 8.07. The number of hydrogen-bond donors (Lipinski definition) is 2. The van der Waals surface area contributed by atoms with Crippen LogP contribution >= 0.6 is 0 Å². The van der Waals surface area contributed by atoms with Gasteiger partial charge in [0.05, 0.1) is 6.04 Å². The van der Waals surface area contributed by atoms with Crippen molar-refractivity contribution in [3.8, 4) is 0 Å². The van der Waals surface area contributed by atoms with Crippen molar-refractivity contribution >= 4 is 0 Å². The van der Waals surface area contributed by atoms with Gasteiger partial charge in [0.15, 0.2) is 0 Å². The number of hydrogen-bond acceptors (Lipinski definition) is 2. The minimum absolute atomic E-state index is 0.330. The molecule has 2 N–H and O–H groups in total. The molecule has 1 heterocycles. The van der Waals surface area contributed by atoms with Gasteiger partial charge in [-0.3, -0.25) is 0 Å². The van der Waals surface area contributed by atoms with Gasteiger partial charge >= 0.3 is 0 Å². The molecule has 2 rings (SSSR count). The molecular weight excluding hydrogens is 210 g/mol. The average Bonchev–Trinajstić information content (AvgIpc) is 2.73. The summed E-state index contributed by atoms with van der Waals surface area (Å²) in [7, 11) is 0. The second-order valence-electron chi connectivity index (χ2n) is 6.15. The number of rotatable bonds is 3. The quantitative estimate of drug-likeness (QED) is 0.788. The van der Waals surface area contributed by atoms with E-state index in [0.29, 0.717) is 17.5 Å². The first-order valence-electron chi connectivity index (χ1n) is 6.82. The van der Waals surface area contributed by atoms with Gasteiger partial charge in [0.1, 0.15) is 5.82 Å². The third-order valence-electron chi connectivity index (χ3n) is 3.99. The zero-order chi connectivity index (χ0) is 12.3. The van der Waals surface area contributed by atoms with Crippen molar-refractivity contribution in [3.63, 3.8) is 0 Å². The van der Waals surface area contributed by atoms with Gasteiger partial charge in [0.25, 0.3) is 0 Å². The standard InChI is InChI=1S/C14H25N3/c1-11(13-15-9-10-16-13)17-12-5-4-7-14(2,3)8-6-12/h9-12,17H,4-8H2,1-3H3,(H,15,16). The second kappa shape index (κ2) is 5.21. The molecule has 1 fully saturated rings. The lowest BCUT2D eigenvalue weighted by Gasteiger charge is -2.23. The minimum Gasteiger partial charge on any atom is -0.347 e. The monoisotopic (exact) mass is 235 g/mol. The third kappa shape index (κ3) is 3.56. The molecule has 1 aromatic rings. The normalized spacial score (nSPS) is 26.4. The molecule has 0 saturated heterocycles. The lowest BCUT2D eigenvalue weighted by molar-refractivity contribution is 0.307. The van der Waals surface area contributed by atoms with Crippen molar-refractivity contribution in [2.24, 2.45) is 5.41 Å². The molecule has 3 nitrogen and oxygen atoms in total. The summed E-state index contributed by atoms with van der Waals surface area (Å²) in [5.74, 6) is 1.05. The molecule has 96 valence electrons. The Morgan fingerprint density at radius 1 is 1.41 bits per heavy atom. The van der Waals surface area contributed by atoms with E-state index in [1.165, 1.54) is 32.1 Å². The van der Waals surface area contributed by atoms with Crippen molar-refractivity contribution in [2.45, 2.75) is 65.0 Å². The van der Waals surface area contributed by atoms with E-state index in [4.69, 9.17) is 0 Å². The molecule has 0 amide bonds. The highest BCUT2D eigenvalue weighted by molar-refractivity contribution is 4.95. The maximum Gasteiger partial charge on any atom is 0.122 e. The molecule has 1 aliphatic rings. The van der Waals surface area contributed by atoms with Crippen LogP contribution in [0.25, 0.3) is 0 Å². The minimum atomic E-state index is 0.330. The van der Waals surface area contributed by atoms with Crippen LogP contribution < -0.4 is 5.32 Å². The van der Waals surface area contributed by atoms with E-state index in [9.17, 15) is 0 Å². The van der Waals surface area contributed by atoms with E-state index < -0.39 is 0 Å². The Labute approximate surface area is 104 Å². The fourth-order valence-corrected chi connectivity index (χ4v) is 2.77. The molecule has 0 spiro atoms. The fourth-order valence-electron chi connectivity index (χ4n) is 2.77. The van der Waals surface area contributed by atoms with E-state index in [2.05, 4.69) is 36.1 Å². The number of nitrogens with zero attached hydrogens (tertiary/aromatic N) is 1. The number of H-pyrrole nitrogens is 1. The molecule has 2 unspecified atom stereocenters. The molecule has 1 aliphatic carbocycles. The summed E-state index contributed by atoms with van der Waals surface area (Å²) < 4.78 is 0. The van der Waals surface area contributed by atoms with Gasteiger partial charge in [-0.15, -0.1) is 0 Å². The first-order valence-corrected chi connectivity index (χ1v) is 6.82. The second-order valence-corrected chi connectivity index (χ2v) is 6.15. The largest absolute Gasteiger partial charge is 0.347 e. The number of nitrogens with one attached hydrogen (secondary N) is 2. The molecule has 17 heavy (non-hydrogen) atoms. The number of aromatic amines is 1. The molecule has 1 saturated carbocycles. The summed E-state index contributed by atoms with van der Waals surface area (Å²) in [6.07, 6.45) is 10.3. The van der Waals surface area contributed by atoms with Crippen LogP contribution in [0.4, 0.5) is 0 Å². The summed E-state index contributed by atoms with van der Waals surface area (Å²) in [4.78, 5) is 7.50. The molecule has 3 heteroatoms. The van der Waals surface area contributed by atoms with Crippen LogP contribution in [-0.4, -0.2) is 16.0 Å². The van der Waals surface area contributed by atoms with Gasteiger partial charge in [-0.05, 0) is 38.0 Å². The Balaban J connectivity index is 1.87. The van der Waals surface area contributed by atoms with Gasteiger partial charge in [-0.2, -0.15) is 0 Å². The molecule has 0 radical (unpaired) electrons. The van der Waals surface area contributed by atoms with Crippen LogP contribution in [0.3, 0.4) is 0 Å². The Morgan fingerprint density at radius 2 is 2.24 bits per heavy atom. The van der Waals surface area contributed by atoms with Crippen LogP contribution in [0.5, 0.6) is 0 Å². The number of aromatic nitrogens is 2. The lowest BCUT2D eigenvalue weighted by Crippen LogP contribution is -2.31. The van der Waals surface area contributed by atoms with E-state index in [-0.39, 0.29) is 0 Å². The predicted octanol–water partition coefficient (Wildman–Crippen LogP) is 3.42. The van der Waals surface area contributed by atoms with Gasteiger partial charge in [0.2, 0.25) is 0 Å². The highest BCUT2D eigenvalue weighted by Gasteiger charge is 2.25. The van der Waals surface area contributed by atoms with Crippen molar-refractivity contribution in [1.29, 1.82) is 0 Å². The highest BCUT2D eigenvalue weighted by atomic mass is 15.0. The summed E-state index contributed by atoms with van der Waals surface area (Å²) in [5, 5.41) is 3.71. The fraction of sp³-hybridized carbons (Fsp3) is 0.786. The van der Waals surface area contributed by atoms with Crippen LogP contribution in [0.1, 0.15) is 64.7 Å². The van der Waals surface area contributed by atoms with Gasteiger partial charge in [-0.25, -0.2) is 4.98 Å². The highest BCUT2D eigenvalue weighted by Crippen LogP contribution is 2.34. The van der Waals surface area contributed by atoms with E-state index in [1.807, 2.05) is 12.4 Å². The Hall–Kier alpha value is -0.830. The average molecular weight is 235 g/mol. The summed E-state index contributed by atoms with van der Waals surface area (Å²) in [6.45, 7) is 6.98. The smallest absolute Gasteiger partial charge is 0.122 e. The molecule has 2 atom stereocenters. The third-order valence-corrected chi connectivity index (χ3v) is 3.99. The maximum absolute atomic E-state index is 4.32. The van der Waals surface area contributed by atoms with Crippen LogP contribution in [0, 0.1) is 5.41 Å². The van der Waals surface area contributed by atoms with Crippen molar-refractivity contribution in [3.05, 3.63) is 18.2 Å². The van der Waals surface area contributed by atoms with Crippen molar-refractivity contribution in [2.75, 3.05) is 0 Å². The Morgan fingerprint density at radius 3 is 2.94 bits per heavy atom. The van der Waals surface area contributed by atoms with Gasteiger partial charge in [-0.1, -0.05) is 20.3 Å². The van der Waals surface area contributed by atoms with E-state index in [1.54, 1.807) is 0 Å². The first kappa shape index (κ1) is 12.6. The summed E-state index contributed by atoms with van der Waals surface area (Å²) in [5.41, 5.74) is 0.532. The Bertz CT molecular complexity index is 329. The summed E-state index contributed by atoms with van der Waals surface area (Å²) >= 11 is 0.